The van der Waals surface area contributed by atoms with Gasteiger partial charge in [-0.1, -0.05) is 0 Å². The quantitative estimate of drug-likeness (QED) is 0.557. The molecule has 6 nitrogen and oxygen atoms in total. The number of halogens is 1. The molecule has 0 saturated heterocycles. The van der Waals surface area contributed by atoms with Crippen molar-refractivity contribution in [3.63, 3.8) is 0 Å². The SMILES string of the molecule is Nc1ccc(NCCF)nc1[N+](=O)[O-]. The Labute approximate surface area is 79.1 Å². The largest absolute Gasteiger partial charge is 0.392 e. The number of nitrogens with zero attached hydrogens (tertiary/aromatic N) is 2. The van der Waals surface area contributed by atoms with Gasteiger partial charge in [0.1, 0.15) is 12.4 Å². The molecule has 3 N–H and O–H groups in total. The Balaban J connectivity index is 2.89. The highest BCUT2D eigenvalue weighted by Crippen LogP contribution is 2.19. The van der Waals surface area contributed by atoms with Gasteiger partial charge >= 0.3 is 5.82 Å². The number of nitrogens with one attached hydrogen (secondary N) is 1. The highest BCUT2D eigenvalue weighted by Gasteiger charge is 2.14. The number of anilines is 2. The van der Waals surface area contributed by atoms with Crippen LogP contribution in [-0.4, -0.2) is 23.1 Å². The molecule has 0 unspecified atom stereocenters. The molecule has 0 aromatic carbocycles. The molecule has 0 amide bonds. The van der Waals surface area contributed by atoms with Crippen LogP contribution in [0.25, 0.3) is 0 Å². The van der Waals surface area contributed by atoms with Gasteiger partial charge in [0, 0.05) is 12.6 Å². The molecule has 0 radical (unpaired) electrons. The van der Waals surface area contributed by atoms with Gasteiger partial charge in [0.25, 0.3) is 0 Å². The second-order valence-corrected chi connectivity index (χ2v) is 2.48. The first kappa shape index (κ1) is 10.2. The molecule has 0 bridgehead atoms. The molecule has 0 aliphatic carbocycles. The molecule has 0 aliphatic heterocycles. The third-order valence-electron chi connectivity index (χ3n) is 1.48. The maximum absolute atomic E-state index is 11.8. The van der Waals surface area contributed by atoms with Crippen molar-refractivity contribution in [1.29, 1.82) is 0 Å². The minimum Gasteiger partial charge on any atom is -0.392 e. The van der Waals surface area contributed by atoms with Crippen LogP contribution in [0.4, 0.5) is 21.7 Å². The molecule has 14 heavy (non-hydrogen) atoms. The van der Waals surface area contributed by atoms with E-state index in [0.29, 0.717) is 0 Å². The van der Waals surface area contributed by atoms with E-state index in [4.69, 9.17) is 5.73 Å². The van der Waals surface area contributed by atoms with Crippen molar-refractivity contribution >= 4 is 17.3 Å². The van der Waals surface area contributed by atoms with E-state index >= 15 is 0 Å². The van der Waals surface area contributed by atoms with Crippen LogP contribution in [0.15, 0.2) is 12.1 Å². The van der Waals surface area contributed by atoms with Crippen molar-refractivity contribution in [2.24, 2.45) is 0 Å². The zero-order chi connectivity index (χ0) is 10.6. The fourth-order valence-corrected chi connectivity index (χ4v) is 0.879. The summed E-state index contributed by atoms with van der Waals surface area (Å²) in [4.78, 5) is 13.3. The Morgan fingerprint density at radius 2 is 2.36 bits per heavy atom. The van der Waals surface area contributed by atoms with Gasteiger partial charge in [-0.15, -0.1) is 0 Å². The summed E-state index contributed by atoms with van der Waals surface area (Å²) in [6.45, 7) is -0.506. The number of nitro groups is 1. The maximum Gasteiger partial charge on any atom is 0.388 e. The van der Waals surface area contributed by atoms with E-state index in [2.05, 4.69) is 10.3 Å². The molecule has 0 aliphatic rings. The summed E-state index contributed by atoms with van der Waals surface area (Å²) in [5, 5.41) is 13.0. The standard InChI is InChI=1S/C7H9FN4O2/c8-3-4-10-6-2-1-5(9)7(11-6)12(13)14/h1-2H,3-4,9H2,(H,10,11). The van der Waals surface area contributed by atoms with Gasteiger partial charge < -0.3 is 21.2 Å². The summed E-state index contributed by atoms with van der Waals surface area (Å²) < 4.78 is 11.8. The summed E-state index contributed by atoms with van der Waals surface area (Å²) in [5.74, 6) is -0.183. The van der Waals surface area contributed by atoms with Crippen LogP contribution in [0.2, 0.25) is 0 Å². The number of aromatic nitrogens is 1. The lowest BCUT2D eigenvalue weighted by Crippen LogP contribution is -2.07. The minimum atomic E-state index is -0.685. The number of rotatable bonds is 4. The second-order valence-electron chi connectivity index (χ2n) is 2.48. The minimum absolute atomic E-state index is 0.0131. The first-order chi connectivity index (χ1) is 6.65. The molecule has 7 heteroatoms. The van der Waals surface area contributed by atoms with Gasteiger partial charge in [-0.05, 0) is 16.0 Å². The third-order valence-corrected chi connectivity index (χ3v) is 1.48. The number of hydrogen-bond donors (Lipinski definition) is 2. The number of nitrogen functional groups attached to an aromatic ring is 1. The summed E-state index contributed by atoms with van der Waals surface area (Å²) in [6.07, 6.45) is 0. The van der Waals surface area contributed by atoms with Crippen LogP contribution in [0, 0.1) is 10.1 Å². The van der Waals surface area contributed by atoms with Crippen molar-refractivity contribution in [2.75, 3.05) is 24.3 Å². The van der Waals surface area contributed by atoms with Crippen molar-refractivity contribution in [3.05, 3.63) is 22.2 Å². The molecule has 0 atom stereocenters. The average Bonchev–Trinajstić information content (AvgIpc) is 2.16. The zero-order valence-corrected chi connectivity index (χ0v) is 7.24. The van der Waals surface area contributed by atoms with Crippen molar-refractivity contribution in [3.8, 4) is 0 Å². The highest BCUT2D eigenvalue weighted by molar-refractivity contribution is 5.57. The van der Waals surface area contributed by atoms with E-state index < -0.39 is 17.4 Å². The molecular formula is C7H9FN4O2. The lowest BCUT2D eigenvalue weighted by Gasteiger charge is -2.00. The van der Waals surface area contributed by atoms with Crippen LogP contribution in [0.1, 0.15) is 0 Å². The Kier molecular flexibility index (Phi) is 3.16. The fourth-order valence-electron chi connectivity index (χ4n) is 0.879. The maximum atomic E-state index is 11.8. The number of alkyl halides is 1. The van der Waals surface area contributed by atoms with E-state index in [9.17, 15) is 14.5 Å². The van der Waals surface area contributed by atoms with Crippen LogP contribution in [-0.2, 0) is 0 Å². The normalized spacial score (nSPS) is 9.79. The summed E-state index contributed by atoms with van der Waals surface area (Å²) in [6, 6.07) is 2.81. The first-order valence-electron chi connectivity index (χ1n) is 3.86. The molecule has 0 fully saturated rings. The number of nitrogens with two attached hydrogens (primary N) is 1. The predicted octanol–water partition coefficient (Wildman–Crippen LogP) is 0.953. The summed E-state index contributed by atoms with van der Waals surface area (Å²) in [5.41, 5.74) is 5.30. The Morgan fingerprint density at radius 1 is 1.64 bits per heavy atom. The third kappa shape index (κ3) is 2.28. The van der Waals surface area contributed by atoms with E-state index in [1.807, 2.05) is 0 Å². The Hall–Kier alpha value is -1.92. The van der Waals surface area contributed by atoms with Crippen molar-refractivity contribution < 1.29 is 9.31 Å². The molecular weight excluding hydrogens is 191 g/mol. The molecule has 0 spiro atoms. The Bertz CT molecular complexity index is 344. The van der Waals surface area contributed by atoms with Crippen LogP contribution >= 0.6 is 0 Å². The Morgan fingerprint density at radius 3 is 2.93 bits per heavy atom. The van der Waals surface area contributed by atoms with E-state index in [1.165, 1.54) is 12.1 Å². The van der Waals surface area contributed by atoms with Crippen LogP contribution < -0.4 is 11.1 Å². The van der Waals surface area contributed by atoms with E-state index in [1.54, 1.807) is 0 Å². The highest BCUT2D eigenvalue weighted by atomic mass is 19.1. The van der Waals surface area contributed by atoms with E-state index in [-0.39, 0.29) is 18.1 Å². The summed E-state index contributed by atoms with van der Waals surface area (Å²) >= 11 is 0. The second kappa shape index (κ2) is 4.35. The van der Waals surface area contributed by atoms with Gasteiger partial charge in [-0.25, -0.2) is 4.39 Å². The van der Waals surface area contributed by atoms with Crippen molar-refractivity contribution in [1.82, 2.24) is 4.98 Å². The lowest BCUT2D eigenvalue weighted by atomic mass is 10.4. The number of hydrogen-bond acceptors (Lipinski definition) is 5. The molecule has 1 aromatic heterocycles. The van der Waals surface area contributed by atoms with Gasteiger partial charge in [0.2, 0.25) is 5.82 Å². The van der Waals surface area contributed by atoms with E-state index in [0.717, 1.165) is 0 Å². The smallest absolute Gasteiger partial charge is 0.388 e. The molecule has 1 aromatic rings. The van der Waals surface area contributed by atoms with Gasteiger partial charge in [-0.3, -0.25) is 0 Å². The topological polar surface area (TPSA) is 94.1 Å². The van der Waals surface area contributed by atoms with Gasteiger partial charge in [0.15, 0.2) is 0 Å². The monoisotopic (exact) mass is 200 g/mol. The fraction of sp³-hybridized carbons (Fsp3) is 0.286. The van der Waals surface area contributed by atoms with Crippen molar-refractivity contribution in [2.45, 2.75) is 0 Å². The molecule has 0 saturated carbocycles. The van der Waals surface area contributed by atoms with Crippen LogP contribution in [0.3, 0.4) is 0 Å². The first-order valence-corrected chi connectivity index (χ1v) is 3.86. The van der Waals surface area contributed by atoms with Crippen LogP contribution in [0.5, 0.6) is 0 Å². The summed E-state index contributed by atoms with van der Waals surface area (Å²) in [7, 11) is 0. The number of pyridine rings is 1. The predicted molar refractivity (Wildman–Crippen MR) is 49.8 cm³/mol. The van der Waals surface area contributed by atoms with Gasteiger partial charge in [0.05, 0.1) is 0 Å². The zero-order valence-electron chi connectivity index (χ0n) is 7.24. The molecule has 1 rings (SSSR count). The lowest BCUT2D eigenvalue weighted by molar-refractivity contribution is -0.388. The molecule has 76 valence electrons. The average molecular weight is 200 g/mol. The van der Waals surface area contributed by atoms with Gasteiger partial charge in [-0.2, -0.15) is 0 Å². The molecule has 1 heterocycles.